The maximum Gasteiger partial charge on any atom is 0.265 e. The lowest BCUT2D eigenvalue weighted by Crippen LogP contribution is -2.38. The number of rotatable bonds is 5. The van der Waals surface area contributed by atoms with Crippen molar-refractivity contribution in [1.82, 2.24) is 14.3 Å². The first-order valence-electron chi connectivity index (χ1n) is 7.93. The van der Waals surface area contributed by atoms with Crippen LogP contribution in [-0.2, 0) is 21.2 Å². The summed E-state index contributed by atoms with van der Waals surface area (Å²) < 4.78 is 31.8. The number of nitrogens with zero attached hydrogens (tertiary/aromatic N) is 3. The van der Waals surface area contributed by atoms with E-state index in [4.69, 9.17) is 23.2 Å². The molecule has 1 aromatic heterocycles. The summed E-state index contributed by atoms with van der Waals surface area (Å²) in [7, 11) is -3.96. The van der Waals surface area contributed by atoms with Gasteiger partial charge in [-0.05, 0) is 24.6 Å². The van der Waals surface area contributed by atoms with Crippen molar-refractivity contribution in [2.24, 2.45) is 0 Å². The smallest absolute Gasteiger partial charge is 0.265 e. The van der Waals surface area contributed by atoms with Crippen LogP contribution in [0.15, 0.2) is 17.0 Å². The second kappa shape index (κ2) is 8.52. The Morgan fingerprint density at radius 1 is 1.30 bits per heavy atom. The van der Waals surface area contributed by atoms with Crippen LogP contribution >= 0.6 is 46.5 Å². The highest BCUT2D eigenvalue weighted by Crippen LogP contribution is 2.30. The van der Waals surface area contributed by atoms with Crippen molar-refractivity contribution in [3.05, 3.63) is 33.6 Å². The van der Waals surface area contributed by atoms with E-state index in [2.05, 4.69) is 14.1 Å². The number of halogens is 2. The quantitative estimate of drug-likeness (QED) is 0.727. The number of amides is 1. The Morgan fingerprint density at radius 3 is 2.67 bits per heavy atom. The molecule has 2 heterocycles. The molecule has 0 bridgehead atoms. The first-order valence-corrected chi connectivity index (χ1v) is 12.1. The molecule has 1 N–H and O–H groups in total. The Bertz CT molecular complexity index is 936. The maximum absolute atomic E-state index is 12.7. The van der Waals surface area contributed by atoms with E-state index in [1.165, 1.54) is 12.1 Å². The third-order valence-electron chi connectivity index (χ3n) is 3.83. The Balaban J connectivity index is 1.72. The van der Waals surface area contributed by atoms with E-state index in [1.807, 2.05) is 11.8 Å². The van der Waals surface area contributed by atoms with Crippen molar-refractivity contribution in [3.63, 3.8) is 0 Å². The second-order valence-corrected chi connectivity index (χ2v) is 10.3. The number of sulfonamides is 1. The molecule has 0 radical (unpaired) electrons. The van der Waals surface area contributed by atoms with E-state index >= 15 is 0 Å². The number of nitrogens with one attached hydrogen (secondary N) is 1. The molecule has 2 aromatic rings. The van der Waals surface area contributed by atoms with Crippen LogP contribution < -0.4 is 4.72 Å². The highest BCUT2D eigenvalue weighted by Gasteiger charge is 2.24. The predicted molar refractivity (Wildman–Crippen MR) is 110 cm³/mol. The number of hydrogen-bond donors (Lipinski definition) is 1. The lowest BCUT2D eigenvalue weighted by atomic mass is 10.2. The van der Waals surface area contributed by atoms with E-state index < -0.39 is 10.0 Å². The van der Waals surface area contributed by atoms with Gasteiger partial charge < -0.3 is 4.90 Å². The van der Waals surface area contributed by atoms with E-state index in [1.54, 1.807) is 11.8 Å². The average Bonchev–Trinajstić information content (AvgIpc) is 3.00. The van der Waals surface area contributed by atoms with Gasteiger partial charge >= 0.3 is 0 Å². The Hall–Kier alpha value is -1.07. The fourth-order valence-corrected chi connectivity index (χ4v) is 6.52. The molecular formula is C15H16Cl2N4O3S3. The summed E-state index contributed by atoms with van der Waals surface area (Å²) in [6.07, 6.45) is 0.0453. The number of thioether (sulfide) groups is 1. The SMILES string of the molecule is Cc1cc(Cl)cc(Cl)c1S(=O)(=O)Nc1nc(CC(=O)N2CCSCC2)ns1. The molecule has 7 nitrogen and oxygen atoms in total. The minimum Gasteiger partial charge on any atom is -0.341 e. The Kier molecular flexibility index (Phi) is 6.52. The first kappa shape index (κ1) is 20.7. The summed E-state index contributed by atoms with van der Waals surface area (Å²) >= 11 is 14.6. The van der Waals surface area contributed by atoms with Gasteiger partial charge in [-0.1, -0.05) is 23.2 Å². The zero-order valence-corrected chi connectivity index (χ0v) is 18.2. The monoisotopic (exact) mass is 466 g/mol. The fourth-order valence-electron chi connectivity index (χ4n) is 2.62. The number of anilines is 1. The largest absolute Gasteiger partial charge is 0.341 e. The summed E-state index contributed by atoms with van der Waals surface area (Å²) in [6, 6.07) is 2.88. The highest BCUT2D eigenvalue weighted by atomic mass is 35.5. The summed E-state index contributed by atoms with van der Waals surface area (Å²) in [6.45, 7) is 3.02. The van der Waals surface area contributed by atoms with Crippen molar-refractivity contribution in [2.45, 2.75) is 18.2 Å². The molecule has 3 rings (SSSR count). The minimum absolute atomic E-state index is 0.0235. The molecule has 0 unspecified atom stereocenters. The first-order chi connectivity index (χ1) is 12.8. The van der Waals surface area contributed by atoms with Crippen molar-refractivity contribution in [1.29, 1.82) is 0 Å². The zero-order chi connectivity index (χ0) is 19.6. The van der Waals surface area contributed by atoms with E-state index in [9.17, 15) is 13.2 Å². The number of aryl methyl sites for hydroxylation is 1. The van der Waals surface area contributed by atoms with Crippen LogP contribution in [0.4, 0.5) is 5.13 Å². The van der Waals surface area contributed by atoms with E-state index in [0.29, 0.717) is 29.5 Å². The predicted octanol–water partition coefficient (Wildman–Crippen LogP) is 3.07. The van der Waals surface area contributed by atoms with Crippen LogP contribution in [-0.4, -0.2) is 53.2 Å². The molecule has 27 heavy (non-hydrogen) atoms. The molecule has 0 atom stereocenters. The molecule has 146 valence electrons. The maximum atomic E-state index is 12.7. The van der Waals surface area contributed by atoms with Crippen LogP contribution in [0.2, 0.25) is 10.0 Å². The van der Waals surface area contributed by atoms with Gasteiger partial charge in [0.25, 0.3) is 10.0 Å². The van der Waals surface area contributed by atoms with E-state index in [-0.39, 0.29) is 27.4 Å². The molecule has 1 fully saturated rings. The highest BCUT2D eigenvalue weighted by molar-refractivity contribution is 7.99. The molecule has 0 spiro atoms. The third-order valence-corrected chi connectivity index (χ3v) is 7.74. The van der Waals surface area contributed by atoms with Gasteiger partial charge in [0.05, 0.1) is 11.4 Å². The van der Waals surface area contributed by atoms with Crippen molar-refractivity contribution >= 4 is 67.6 Å². The van der Waals surface area contributed by atoms with Crippen LogP contribution in [0.3, 0.4) is 0 Å². The van der Waals surface area contributed by atoms with Crippen LogP contribution in [0.1, 0.15) is 11.4 Å². The molecule has 1 saturated heterocycles. The van der Waals surface area contributed by atoms with Gasteiger partial charge in [0.2, 0.25) is 11.0 Å². The lowest BCUT2D eigenvalue weighted by molar-refractivity contribution is -0.130. The number of carbonyl (C=O) groups is 1. The topological polar surface area (TPSA) is 92.3 Å². The molecule has 1 aliphatic heterocycles. The molecule has 1 aromatic carbocycles. The zero-order valence-electron chi connectivity index (χ0n) is 14.2. The van der Waals surface area contributed by atoms with Gasteiger partial charge in [0.15, 0.2) is 5.82 Å². The molecule has 12 heteroatoms. The summed E-state index contributed by atoms with van der Waals surface area (Å²) in [4.78, 5) is 18.1. The normalized spacial score (nSPS) is 15.0. The second-order valence-electron chi connectivity index (χ2n) is 5.82. The third kappa shape index (κ3) is 5.05. The average molecular weight is 467 g/mol. The molecule has 0 saturated carbocycles. The summed E-state index contributed by atoms with van der Waals surface area (Å²) in [5.41, 5.74) is 0.419. The van der Waals surface area contributed by atoms with Crippen LogP contribution in [0, 0.1) is 6.92 Å². The number of carbonyl (C=O) groups excluding carboxylic acids is 1. The molecule has 1 amide bonds. The van der Waals surface area contributed by atoms with E-state index in [0.717, 1.165) is 23.0 Å². The van der Waals surface area contributed by atoms with Crippen molar-refractivity contribution in [3.8, 4) is 0 Å². The lowest BCUT2D eigenvalue weighted by Gasteiger charge is -2.25. The summed E-state index contributed by atoms with van der Waals surface area (Å²) in [5.74, 6) is 2.07. The number of aromatic nitrogens is 2. The number of hydrogen-bond acceptors (Lipinski definition) is 7. The Morgan fingerprint density at radius 2 is 2.00 bits per heavy atom. The minimum atomic E-state index is -3.96. The van der Waals surface area contributed by atoms with Gasteiger partial charge in [-0.2, -0.15) is 16.1 Å². The molecule has 0 aliphatic carbocycles. The van der Waals surface area contributed by atoms with Crippen molar-refractivity contribution < 1.29 is 13.2 Å². The Labute approximate surface area is 175 Å². The fraction of sp³-hybridized carbons (Fsp3) is 0.400. The van der Waals surface area contributed by atoms with Gasteiger partial charge in [-0.3, -0.25) is 9.52 Å². The molecular weight excluding hydrogens is 451 g/mol. The standard InChI is InChI=1S/C15H16Cl2N4O3S3/c1-9-6-10(16)7-11(17)14(9)27(23,24)20-15-18-12(19-26-15)8-13(22)21-2-4-25-5-3-21/h6-7H,2-5,8H2,1H3,(H,18,19,20). The summed E-state index contributed by atoms with van der Waals surface area (Å²) in [5, 5.41) is 0.456. The van der Waals surface area contributed by atoms with Gasteiger partial charge in [-0.15, -0.1) is 0 Å². The number of benzene rings is 1. The van der Waals surface area contributed by atoms with Crippen molar-refractivity contribution in [2.75, 3.05) is 29.3 Å². The van der Waals surface area contributed by atoms with Gasteiger partial charge in [-0.25, -0.2) is 13.4 Å². The van der Waals surface area contributed by atoms with Gasteiger partial charge in [0.1, 0.15) is 4.90 Å². The van der Waals surface area contributed by atoms with Gasteiger partial charge in [0, 0.05) is 41.2 Å². The van der Waals surface area contributed by atoms with Crippen LogP contribution in [0.5, 0.6) is 0 Å². The van der Waals surface area contributed by atoms with Crippen LogP contribution in [0.25, 0.3) is 0 Å². The molecule has 1 aliphatic rings.